The summed E-state index contributed by atoms with van der Waals surface area (Å²) in [5, 5.41) is 3.22. The Morgan fingerprint density at radius 3 is 2.64 bits per heavy atom. The molecule has 2 aromatic carbocycles. The largest absolute Gasteiger partial charge is 0.497 e. The molecular weight excluding hydrogens is 387 g/mol. The Labute approximate surface area is 166 Å². The van der Waals surface area contributed by atoms with Crippen molar-refractivity contribution >= 4 is 28.9 Å². The molecule has 0 amide bonds. The summed E-state index contributed by atoms with van der Waals surface area (Å²) in [4.78, 5) is 13.6. The second kappa shape index (κ2) is 8.67. The van der Waals surface area contributed by atoms with E-state index in [-0.39, 0.29) is 28.9 Å². The van der Waals surface area contributed by atoms with Gasteiger partial charge in [-0.15, -0.1) is 0 Å². The van der Waals surface area contributed by atoms with Gasteiger partial charge in [-0.05, 0) is 42.5 Å². The minimum atomic E-state index is -0.666. The summed E-state index contributed by atoms with van der Waals surface area (Å²) in [7, 11) is 2.83. The maximum absolute atomic E-state index is 14.3. The van der Waals surface area contributed by atoms with Crippen molar-refractivity contribution in [1.82, 2.24) is 0 Å². The van der Waals surface area contributed by atoms with Crippen molar-refractivity contribution < 1.29 is 23.4 Å². The van der Waals surface area contributed by atoms with Gasteiger partial charge >= 0.3 is 5.97 Å². The number of carbonyl (C=O) groups is 1. The first kappa shape index (κ1) is 19.6. The van der Waals surface area contributed by atoms with Crippen LogP contribution in [0.15, 0.2) is 66.2 Å². The highest BCUT2D eigenvalue weighted by Gasteiger charge is 2.33. The number of anilines is 2. The van der Waals surface area contributed by atoms with Gasteiger partial charge < -0.3 is 19.5 Å². The Morgan fingerprint density at radius 1 is 1.25 bits per heavy atom. The third kappa shape index (κ3) is 4.04. The molecule has 0 spiro atoms. The molecule has 2 aromatic rings. The first-order valence-corrected chi connectivity index (χ1v) is 8.67. The molecule has 6 nitrogen and oxygen atoms in total. The summed E-state index contributed by atoms with van der Waals surface area (Å²) in [6.07, 6.45) is 3.16. The third-order valence-electron chi connectivity index (χ3n) is 4.01. The number of nitrogens with zero attached hydrogens (tertiary/aromatic N) is 1. The Morgan fingerprint density at radius 2 is 2.00 bits per heavy atom. The van der Waals surface area contributed by atoms with E-state index in [9.17, 15) is 9.18 Å². The molecule has 0 fully saturated rings. The van der Waals surface area contributed by atoms with Crippen LogP contribution in [0.4, 0.5) is 15.8 Å². The molecular formula is C20H18ClFN2O4. The number of rotatable bonds is 6. The zero-order chi connectivity index (χ0) is 20.1. The van der Waals surface area contributed by atoms with E-state index in [0.717, 1.165) is 11.4 Å². The molecule has 0 saturated heterocycles. The molecule has 1 heterocycles. The van der Waals surface area contributed by atoms with E-state index >= 15 is 0 Å². The lowest BCUT2D eigenvalue weighted by Gasteiger charge is -2.20. The molecule has 0 bridgehead atoms. The SMILES string of the molecule is COC(=O)C1=C(C=CNc2ccc(OC)cc2)OCN1c1c(F)cccc1Cl. The smallest absolute Gasteiger partial charge is 0.358 e. The summed E-state index contributed by atoms with van der Waals surface area (Å²) in [6, 6.07) is 11.6. The second-order valence-electron chi connectivity index (χ2n) is 5.68. The van der Waals surface area contributed by atoms with Crippen molar-refractivity contribution in [3.8, 4) is 5.75 Å². The molecule has 0 aromatic heterocycles. The molecule has 28 heavy (non-hydrogen) atoms. The number of hydrogen-bond donors (Lipinski definition) is 1. The van der Waals surface area contributed by atoms with Crippen molar-refractivity contribution in [2.45, 2.75) is 0 Å². The van der Waals surface area contributed by atoms with Crippen LogP contribution < -0.4 is 15.0 Å². The third-order valence-corrected chi connectivity index (χ3v) is 4.32. The van der Waals surface area contributed by atoms with Crippen molar-refractivity contribution in [3.05, 3.63) is 77.0 Å². The number of ether oxygens (including phenoxy) is 3. The highest BCUT2D eigenvalue weighted by molar-refractivity contribution is 6.33. The lowest BCUT2D eigenvalue weighted by molar-refractivity contribution is -0.136. The number of nitrogens with one attached hydrogen (secondary N) is 1. The number of esters is 1. The van der Waals surface area contributed by atoms with E-state index in [1.54, 1.807) is 19.4 Å². The van der Waals surface area contributed by atoms with Crippen LogP contribution in [0.25, 0.3) is 0 Å². The monoisotopic (exact) mass is 404 g/mol. The van der Waals surface area contributed by atoms with Crippen LogP contribution >= 0.6 is 11.6 Å². The van der Waals surface area contributed by atoms with Crippen LogP contribution in [0.2, 0.25) is 5.02 Å². The van der Waals surface area contributed by atoms with Crippen LogP contribution in [0, 0.1) is 5.82 Å². The molecule has 0 radical (unpaired) electrons. The van der Waals surface area contributed by atoms with Crippen LogP contribution in [0.5, 0.6) is 5.75 Å². The van der Waals surface area contributed by atoms with Gasteiger partial charge in [-0.3, -0.25) is 4.90 Å². The average Bonchev–Trinajstić information content (AvgIpc) is 3.11. The minimum absolute atomic E-state index is 0.0519. The van der Waals surface area contributed by atoms with E-state index in [2.05, 4.69) is 5.32 Å². The predicted molar refractivity (Wildman–Crippen MR) is 105 cm³/mol. The average molecular weight is 405 g/mol. The zero-order valence-electron chi connectivity index (χ0n) is 15.2. The van der Waals surface area contributed by atoms with Crippen molar-refractivity contribution in [3.63, 3.8) is 0 Å². The molecule has 146 valence electrons. The first-order chi connectivity index (χ1) is 13.5. The Kier molecular flexibility index (Phi) is 6.06. The Hall–Kier alpha value is -3.19. The summed E-state index contributed by atoms with van der Waals surface area (Å²) < 4.78 is 29.8. The molecule has 1 aliphatic rings. The summed E-state index contributed by atoms with van der Waals surface area (Å²) >= 11 is 6.13. The zero-order valence-corrected chi connectivity index (χ0v) is 16.0. The maximum atomic E-state index is 14.3. The van der Waals surface area contributed by atoms with Gasteiger partial charge in [0.25, 0.3) is 0 Å². The number of hydrogen-bond acceptors (Lipinski definition) is 6. The molecule has 1 N–H and O–H groups in total. The Balaban J connectivity index is 1.87. The van der Waals surface area contributed by atoms with Crippen LogP contribution in [0.3, 0.4) is 0 Å². The second-order valence-corrected chi connectivity index (χ2v) is 6.09. The van der Waals surface area contributed by atoms with Crippen LogP contribution in [-0.4, -0.2) is 26.9 Å². The van der Waals surface area contributed by atoms with Crippen LogP contribution in [0.1, 0.15) is 0 Å². The molecule has 0 unspecified atom stereocenters. The van der Waals surface area contributed by atoms with Crippen molar-refractivity contribution in [2.75, 3.05) is 31.2 Å². The van der Waals surface area contributed by atoms with Crippen molar-refractivity contribution in [2.24, 2.45) is 0 Å². The highest BCUT2D eigenvalue weighted by atomic mass is 35.5. The molecule has 0 atom stereocenters. The standard InChI is InChI=1S/C20H18ClFN2O4/c1-26-14-8-6-13(7-9-14)23-11-10-17-19(20(25)27-2)24(12-28-17)18-15(21)4-3-5-16(18)22/h3-11,23H,12H2,1-2H3. The summed E-state index contributed by atoms with van der Waals surface area (Å²) in [5.74, 6) is -0.270. The topological polar surface area (TPSA) is 60.0 Å². The van der Waals surface area contributed by atoms with E-state index in [1.165, 1.54) is 30.2 Å². The predicted octanol–water partition coefficient (Wildman–Crippen LogP) is 4.29. The molecule has 8 heteroatoms. The van der Waals surface area contributed by atoms with Gasteiger partial charge in [0.1, 0.15) is 11.6 Å². The van der Waals surface area contributed by atoms with E-state index in [0.29, 0.717) is 0 Å². The van der Waals surface area contributed by atoms with E-state index in [1.807, 2.05) is 24.3 Å². The highest BCUT2D eigenvalue weighted by Crippen LogP contribution is 2.36. The number of methoxy groups -OCH3 is 2. The lowest BCUT2D eigenvalue weighted by atomic mass is 10.2. The summed E-state index contributed by atoms with van der Waals surface area (Å²) in [5.41, 5.74) is 0.919. The van der Waals surface area contributed by atoms with E-state index in [4.69, 9.17) is 25.8 Å². The normalized spacial score (nSPS) is 13.6. The Bertz CT molecular complexity index is 908. The van der Waals surface area contributed by atoms with Crippen LogP contribution in [-0.2, 0) is 14.3 Å². The fourth-order valence-corrected chi connectivity index (χ4v) is 2.92. The maximum Gasteiger partial charge on any atom is 0.358 e. The number of halogens is 2. The van der Waals surface area contributed by atoms with Crippen molar-refractivity contribution in [1.29, 1.82) is 0 Å². The van der Waals surface area contributed by atoms with Gasteiger partial charge in [-0.25, -0.2) is 9.18 Å². The minimum Gasteiger partial charge on any atom is -0.497 e. The first-order valence-electron chi connectivity index (χ1n) is 8.29. The molecule has 0 aliphatic carbocycles. The van der Waals surface area contributed by atoms with Gasteiger partial charge in [0.05, 0.1) is 24.9 Å². The number of allylic oxidation sites excluding steroid dienone is 1. The van der Waals surface area contributed by atoms with Gasteiger partial charge in [0, 0.05) is 11.9 Å². The quantitative estimate of drug-likeness (QED) is 0.725. The number of benzene rings is 2. The molecule has 0 saturated carbocycles. The van der Waals surface area contributed by atoms with Gasteiger partial charge in [-0.1, -0.05) is 17.7 Å². The van der Waals surface area contributed by atoms with Gasteiger partial charge in [0.2, 0.25) is 0 Å². The van der Waals surface area contributed by atoms with Gasteiger partial charge in [-0.2, -0.15) is 0 Å². The number of para-hydroxylation sites is 1. The fraction of sp³-hybridized carbons (Fsp3) is 0.150. The fourth-order valence-electron chi connectivity index (χ4n) is 2.66. The molecule has 1 aliphatic heterocycles. The number of carbonyl (C=O) groups excluding carboxylic acids is 1. The van der Waals surface area contributed by atoms with Gasteiger partial charge in [0.15, 0.2) is 18.2 Å². The van der Waals surface area contributed by atoms with E-state index < -0.39 is 11.8 Å². The lowest BCUT2D eigenvalue weighted by Crippen LogP contribution is -2.26. The summed E-state index contributed by atoms with van der Waals surface area (Å²) in [6.45, 7) is -0.0761. The molecule has 3 rings (SSSR count).